The van der Waals surface area contributed by atoms with Crippen LogP contribution in [0.4, 0.5) is 0 Å². The van der Waals surface area contributed by atoms with E-state index in [0.29, 0.717) is 0 Å². The molecule has 1 unspecified atom stereocenters. The van der Waals surface area contributed by atoms with Gasteiger partial charge in [-0.05, 0) is 6.42 Å². The molecule has 2 aliphatic rings. The molecule has 1 spiro atoms. The minimum Gasteiger partial charge on any atom is -0.347 e. The summed E-state index contributed by atoms with van der Waals surface area (Å²) in [7, 11) is 0. The molecule has 2 rings (SSSR count). The molecule has 0 aromatic carbocycles. The quantitative estimate of drug-likeness (QED) is 0.477. The van der Waals surface area contributed by atoms with E-state index in [9.17, 15) is 0 Å². The van der Waals surface area contributed by atoms with Crippen LogP contribution < -0.4 is 11.1 Å². The predicted octanol–water partition coefficient (Wildman–Crippen LogP) is -0.950. The molecule has 0 amide bonds. The zero-order chi connectivity index (χ0) is 7.73. The van der Waals surface area contributed by atoms with Gasteiger partial charge in [0.1, 0.15) is 0 Å². The zero-order valence-corrected chi connectivity index (χ0v) is 6.51. The van der Waals surface area contributed by atoms with E-state index in [2.05, 4.69) is 5.32 Å². The molecule has 64 valence electrons. The Bertz CT molecular complexity index is 145. The fraction of sp³-hybridized carbons (Fsp3) is 1.00. The van der Waals surface area contributed by atoms with Crippen molar-refractivity contribution >= 4 is 0 Å². The lowest BCUT2D eigenvalue weighted by molar-refractivity contribution is -0.260. The number of hydrogen-bond donors (Lipinski definition) is 2. The molecule has 2 saturated heterocycles. The average molecular weight is 158 g/mol. The Hall–Kier alpha value is -0.160. The van der Waals surface area contributed by atoms with Crippen LogP contribution in [-0.4, -0.2) is 38.1 Å². The van der Waals surface area contributed by atoms with Gasteiger partial charge in [-0.3, -0.25) is 0 Å². The first-order valence-electron chi connectivity index (χ1n) is 4.08. The lowest BCUT2D eigenvalue weighted by Gasteiger charge is -2.36. The molecule has 1 atom stereocenters. The first-order valence-corrected chi connectivity index (χ1v) is 4.08. The van der Waals surface area contributed by atoms with Gasteiger partial charge in [-0.15, -0.1) is 0 Å². The van der Waals surface area contributed by atoms with E-state index >= 15 is 0 Å². The summed E-state index contributed by atoms with van der Waals surface area (Å²) in [6.07, 6.45) is 0.981. The van der Waals surface area contributed by atoms with Gasteiger partial charge < -0.3 is 20.5 Å². The number of ether oxygens (including phenoxy) is 2. The third-order valence-corrected chi connectivity index (χ3v) is 2.28. The van der Waals surface area contributed by atoms with Crippen LogP contribution in [-0.2, 0) is 9.47 Å². The second-order valence-electron chi connectivity index (χ2n) is 3.10. The largest absolute Gasteiger partial charge is 0.347 e. The van der Waals surface area contributed by atoms with Crippen LogP contribution >= 0.6 is 0 Å². The molecule has 0 bridgehead atoms. The second-order valence-corrected chi connectivity index (χ2v) is 3.10. The number of rotatable bonds is 0. The van der Waals surface area contributed by atoms with Crippen LogP contribution in [0.25, 0.3) is 0 Å². The number of nitrogens with two attached hydrogens (primary N) is 1. The Balaban J connectivity index is 2.06. The van der Waals surface area contributed by atoms with E-state index < -0.39 is 5.79 Å². The summed E-state index contributed by atoms with van der Waals surface area (Å²) in [6, 6.07) is -0.0113. The lowest BCUT2D eigenvalue weighted by Crippen LogP contribution is -2.53. The summed E-state index contributed by atoms with van der Waals surface area (Å²) >= 11 is 0. The summed E-state index contributed by atoms with van der Waals surface area (Å²) in [6.45, 7) is 3.07. The van der Waals surface area contributed by atoms with E-state index in [4.69, 9.17) is 15.2 Å². The first kappa shape index (κ1) is 7.49. The van der Waals surface area contributed by atoms with Crippen molar-refractivity contribution in [1.82, 2.24) is 5.32 Å². The number of hydrogen-bond acceptors (Lipinski definition) is 4. The first-order chi connectivity index (χ1) is 5.33. The molecular formula is C7H14N2O2. The van der Waals surface area contributed by atoms with Crippen molar-refractivity contribution < 1.29 is 9.47 Å². The van der Waals surface area contributed by atoms with Crippen molar-refractivity contribution in [1.29, 1.82) is 0 Å². The van der Waals surface area contributed by atoms with E-state index in [1.807, 2.05) is 0 Å². The third kappa shape index (κ3) is 1.16. The zero-order valence-electron chi connectivity index (χ0n) is 6.51. The second kappa shape index (κ2) is 2.71. The van der Waals surface area contributed by atoms with Crippen LogP contribution in [0, 0.1) is 0 Å². The predicted molar refractivity (Wildman–Crippen MR) is 40.1 cm³/mol. The van der Waals surface area contributed by atoms with Crippen LogP contribution in [0.1, 0.15) is 6.42 Å². The van der Waals surface area contributed by atoms with Crippen LogP contribution in [0.5, 0.6) is 0 Å². The maximum atomic E-state index is 5.83. The number of nitrogens with one attached hydrogen (secondary N) is 1. The fourth-order valence-electron chi connectivity index (χ4n) is 1.60. The molecule has 0 aromatic rings. The molecule has 0 radical (unpaired) electrons. The maximum absolute atomic E-state index is 5.83. The molecule has 0 aromatic heterocycles. The van der Waals surface area contributed by atoms with Gasteiger partial charge in [0, 0.05) is 6.54 Å². The van der Waals surface area contributed by atoms with Crippen molar-refractivity contribution in [2.75, 3.05) is 26.3 Å². The average Bonchev–Trinajstić information content (AvgIpc) is 2.36. The highest BCUT2D eigenvalue weighted by Gasteiger charge is 2.44. The van der Waals surface area contributed by atoms with Crippen LogP contribution in [0.15, 0.2) is 0 Å². The van der Waals surface area contributed by atoms with Gasteiger partial charge in [-0.1, -0.05) is 0 Å². The molecule has 2 heterocycles. The minimum absolute atomic E-state index is 0.0113. The van der Waals surface area contributed by atoms with E-state index in [-0.39, 0.29) is 6.04 Å². The molecule has 4 nitrogen and oxygen atoms in total. The molecular weight excluding hydrogens is 144 g/mol. The Morgan fingerprint density at radius 1 is 1.36 bits per heavy atom. The highest BCUT2D eigenvalue weighted by atomic mass is 16.7. The van der Waals surface area contributed by atoms with Gasteiger partial charge in [0.25, 0.3) is 0 Å². The van der Waals surface area contributed by atoms with Gasteiger partial charge in [-0.2, -0.15) is 0 Å². The minimum atomic E-state index is -0.502. The molecule has 4 heteroatoms. The Morgan fingerprint density at radius 3 is 2.64 bits per heavy atom. The van der Waals surface area contributed by atoms with Crippen molar-refractivity contribution in [3.63, 3.8) is 0 Å². The SMILES string of the molecule is NC1CNCC12OCCCO2. The Kier molecular flexibility index (Phi) is 1.85. The van der Waals surface area contributed by atoms with E-state index in [0.717, 1.165) is 32.7 Å². The van der Waals surface area contributed by atoms with Gasteiger partial charge in [0.2, 0.25) is 0 Å². The van der Waals surface area contributed by atoms with Crippen molar-refractivity contribution in [2.45, 2.75) is 18.2 Å². The van der Waals surface area contributed by atoms with E-state index in [1.54, 1.807) is 0 Å². The topological polar surface area (TPSA) is 56.5 Å². The molecule has 0 saturated carbocycles. The summed E-state index contributed by atoms with van der Waals surface area (Å²) in [5, 5.41) is 3.16. The van der Waals surface area contributed by atoms with Crippen molar-refractivity contribution in [3.05, 3.63) is 0 Å². The fourth-order valence-corrected chi connectivity index (χ4v) is 1.60. The van der Waals surface area contributed by atoms with E-state index in [1.165, 1.54) is 0 Å². The molecule has 11 heavy (non-hydrogen) atoms. The maximum Gasteiger partial charge on any atom is 0.197 e. The summed E-state index contributed by atoms with van der Waals surface area (Å²) in [4.78, 5) is 0. The Morgan fingerprint density at radius 2 is 2.09 bits per heavy atom. The summed E-state index contributed by atoms with van der Waals surface area (Å²) in [5.74, 6) is -0.502. The van der Waals surface area contributed by atoms with Gasteiger partial charge >= 0.3 is 0 Å². The summed E-state index contributed by atoms with van der Waals surface area (Å²) < 4.78 is 11.1. The Labute approximate surface area is 66.0 Å². The lowest BCUT2D eigenvalue weighted by atomic mass is 10.1. The van der Waals surface area contributed by atoms with Gasteiger partial charge in [0.15, 0.2) is 5.79 Å². The highest BCUT2D eigenvalue weighted by molar-refractivity contribution is 4.94. The standard InChI is InChI=1S/C7H14N2O2/c8-6-4-9-5-7(6)10-2-1-3-11-7/h6,9H,1-5,8H2. The molecule has 2 fully saturated rings. The normalized spacial score (nSPS) is 36.3. The monoisotopic (exact) mass is 158 g/mol. The van der Waals surface area contributed by atoms with Crippen LogP contribution in [0.2, 0.25) is 0 Å². The van der Waals surface area contributed by atoms with Crippen molar-refractivity contribution in [2.24, 2.45) is 5.73 Å². The van der Waals surface area contributed by atoms with Gasteiger partial charge in [-0.25, -0.2) is 0 Å². The molecule has 2 aliphatic heterocycles. The third-order valence-electron chi connectivity index (χ3n) is 2.28. The molecule has 3 N–H and O–H groups in total. The highest BCUT2D eigenvalue weighted by Crippen LogP contribution is 2.24. The molecule has 0 aliphatic carbocycles. The van der Waals surface area contributed by atoms with Crippen LogP contribution in [0.3, 0.4) is 0 Å². The smallest absolute Gasteiger partial charge is 0.197 e. The van der Waals surface area contributed by atoms with Crippen molar-refractivity contribution in [3.8, 4) is 0 Å². The van der Waals surface area contributed by atoms with Gasteiger partial charge in [0.05, 0.1) is 25.8 Å². The summed E-state index contributed by atoms with van der Waals surface area (Å²) in [5.41, 5.74) is 5.83.